The van der Waals surface area contributed by atoms with Crippen molar-refractivity contribution in [2.24, 2.45) is 11.3 Å². The summed E-state index contributed by atoms with van der Waals surface area (Å²) >= 11 is 0. The smallest absolute Gasteiger partial charge is 0.252 e. The van der Waals surface area contributed by atoms with Gasteiger partial charge in [0.15, 0.2) is 0 Å². The highest BCUT2D eigenvalue weighted by Gasteiger charge is 2.26. The Labute approximate surface area is 119 Å². The molecule has 110 valence electrons. The minimum atomic E-state index is -0.146. The summed E-state index contributed by atoms with van der Waals surface area (Å²) in [5, 5.41) is 0. The third-order valence-corrected chi connectivity index (χ3v) is 3.85. The van der Waals surface area contributed by atoms with Crippen LogP contribution in [-0.4, -0.2) is 9.97 Å². The monoisotopic (exact) mass is 276 g/mol. The van der Waals surface area contributed by atoms with E-state index in [1.807, 2.05) is 0 Å². The highest BCUT2D eigenvalue weighted by molar-refractivity contribution is 5.25. The zero-order valence-electron chi connectivity index (χ0n) is 12.7. The largest absolute Gasteiger partial charge is 0.303 e. The second-order valence-electron chi connectivity index (χ2n) is 6.55. The fourth-order valence-corrected chi connectivity index (χ4v) is 2.51. The van der Waals surface area contributed by atoms with Gasteiger partial charge in [0, 0.05) is 17.5 Å². The van der Waals surface area contributed by atoms with E-state index in [0.29, 0.717) is 17.1 Å². The van der Waals surface area contributed by atoms with Crippen molar-refractivity contribution in [3.63, 3.8) is 0 Å². The summed E-state index contributed by atoms with van der Waals surface area (Å²) in [6, 6.07) is 1.47. The van der Waals surface area contributed by atoms with Crippen molar-refractivity contribution in [3.05, 3.63) is 33.9 Å². The van der Waals surface area contributed by atoms with Gasteiger partial charge in [-0.3, -0.25) is 15.2 Å². The minimum Gasteiger partial charge on any atom is -0.303 e. The predicted molar refractivity (Wildman–Crippen MR) is 81.2 cm³/mol. The van der Waals surface area contributed by atoms with E-state index in [0.717, 1.165) is 24.5 Å². The van der Waals surface area contributed by atoms with E-state index in [9.17, 15) is 4.79 Å². The normalized spacial score (nSPS) is 19.4. The van der Waals surface area contributed by atoms with Gasteiger partial charge in [-0.25, -0.2) is 4.98 Å². The molecule has 0 saturated heterocycles. The number of hydrogen-bond acceptors (Lipinski definition) is 4. The lowest BCUT2D eigenvalue weighted by Gasteiger charge is -2.33. The van der Waals surface area contributed by atoms with Gasteiger partial charge in [0.25, 0.3) is 5.56 Å². The minimum absolute atomic E-state index is 0.146. The Bertz CT molecular complexity index is 554. The first-order valence-electron chi connectivity index (χ1n) is 7.13. The lowest BCUT2D eigenvalue weighted by atomic mass is 9.74. The van der Waals surface area contributed by atoms with Crippen LogP contribution in [0.5, 0.6) is 0 Å². The molecule has 1 atom stereocenters. The summed E-state index contributed by atoms with van der Waals surface area (Å²) in [7, 11) is 0. The van der Waals surface area contributed by atoms with E-state index >= 15 is 0 Å². The maximum absolute atomic E-state index is 11.3. The SMILES string of the molecule is Cc1cc(=O)[nH]c(NNC2=CC[C@@H](C(C)(C)C)CC2)n1. The molecule has 2 rings (SSSR count). The van der Waals surface area contributed by atoms with Crippen molar-refractivity contribution in [1.82, 2.24) is 15.4 Å². The molecule has 0 saturated carbocycles. The maximum Gasteiger partial charge on any atom is 0.252 e. The van der Waals surface area contributed by atoms with Crippen molar-refractivity contribution in [2.45, 2.75) is 47.0 Å². The number of aryl methyl sites for hydroxylation is 1. The van der Waals surface area contributed by atoms with Crippen LogP contribution in [0.1, 0.15) is 45.7 Å². The number of hydrazine groups is 1. The van der Waals surface area contributed by atoms with Crippen molar-refractivity contribution in [1.29, 1.82) is 0 Å². The van der Waals surface area contributed by atoms with E-state index in [1.54, 1.807) is 6.92 Å². The van der Waals surface area contributed by atoms with Gasteiger partial charge in [0.1, 0.15) is 0 Å². The first-order valence-corrected chi connectivity index (χ1v) is 7.13. The fourth-order valence-electron chi connectivity index (χ4n) is 2.51. The average Bonchev–Trinajstić information content (AvgIpc) is 2.35. The highest BCUT2D eigenvalue weighted by atomic mass is 16.1. The van der Waals surface area contributed by atoms with Crippen LogP contribution in [-0.2, 0) is 0 Å². The second kappa shape index (κ2) is 5.69. The molecule has 0 unspecified atom stereocenters. The van der Waals surface area contributed by atoms with Crippen LogP contribution < -0.4 is 16.4 Å². The van der Waals surface area contributed by atoms with E-state index in [4.69, 9.17) is 0 Å². The molecule has 0 spiro atoms. The van der Waals surface area contributed by atoms with Crippen molar-refractivity contribution < 1.29 is 0 Å². The van der Waals surface area contributed by atoms with Crippen LogP contribution in [0, 0.1) is 18.3 Å². The van der Waals surface area contributed by atoms with Gasteiger partial charge < -0.3 is 5.43 Å². The predicted octanol–water partition coefficient (Wildman–Crippen LogP) is 2.72. The first-order chi connectivity index (χ1) is 9.34. The fraction of sp³-hybridized carbons (Fsp3) is 0.600. The van der Waals surface area contributed by atoms with E-state index in [1.165, 1.54) is 12.5 Å². The van der Waals surface area contributed by atoms with Crippen LogP contribution in [0.4, 0.5) is 5.95 Å². The Kier molecular flexibility index (Phi) is 4.16. The standard InChI is InChI=1S/C15H24N4O/c1-10-9-13(20)17-14(16-10)19-18-12-7-5-11(6-8-12)15(2,3)4/h7,9,11,18H,5-6,8H2,1-4H3,(H2,16,17,19,20)/t11-/m1/s1. The summed E-state index contributed by atoms with van der Waals surface area (Å²) in [5.74, 6) is 1.18. The van der Waals surface area contributed by atoms with Crippen LogP contribution >= 0.6 is 0 Å². The Balaban J connectivity index is 1.92. The third kappa shape index (κ3) is 3.85. The van der Waals surface area contributed by atoms with Crippen LogP contribution in [0.3, 0.4) is 0 Å². The molecule has 5 heteroatoms. The number of nitrogens with zero attached hydrogens (tertiary/aromatic N) is 1. The number of allylic oxidation sites excluding steroid dienone is 2. The number of H-pyrrole nitrogens is 1. The highest BCUT2D eigenvalue weighted by Crippen LogP contribution is 2.36. The van der Waals surface area contributed by atoms with E-state index < -0.39 is 0 Å². The van der Waals surface area contributed by atoms with Gasteiger partial charge in [-0.05, 0) is 37.5 Å². The molecule has 1 aromatic heterocycles. The Morgan fingerprint density at radius 2 is 2.10 bits per heavy atom. The molecular formula is C15H24N4O. The Hall–Kier alpha value is -1.78. The van der Waals surface area contributed by atoms with Gasteiger partial charge in [0.05, 0.1) is 0 Å². The van der Waals surface area contributed by atoms with Crippen LogP contribution in [0.25, 0.3) is 0 Å². The van der Waals surface area contributed by atoms with Gasteiger partial charge in [0.2, 0.25) is 5.95 Å². The molecule has 1 aliphatic rings. The molecule has 3 N–H and O–H groups in total. The Morgan fingerprint density at radius 3 is 2.65 bits per heavy atom. The Morgan fingerprint density at radius 1 is 1.35 bits per heavy atom. The second-order valence-corrected chi connectivity index (χ2v) is 6.55. The lowest BCUT2D eigenvalue weighted by molar-refractivity contribution is 0.219. The van der Waals surface area contributed by atoms with Gasteiger partial charge in [-0.2, -0.15) is 0 Å². The van der Waals surface area contributed by atoms with E-state index in [2.05, 4.69) is 47.7 Å². The molecule has 0 fully saturated rings. The summed E-state index contributed by atoms with van der Waals surface area (Å²) in [4.78, 5) is 18.2. The van der Waals surface area contributed by atoms with Crippen molar-refractivity contribution >= 4 is 5.95 Å². The molecule has 0 aliphatic heterocycles. The molecule has 0 radical (unpaired) electrons. The third-order valence-electron chi connectivity index (χ3n) is 3.85. The molecule has 1 aliphatic carbocycles. The number of nitrogens with one attached hydrogen (secondary N) is 3. The zero-order valence-corrected chi connectivity index (χ0v) is 12.7. The molecular weight excluding hydrogens is 252 g/mol. The van der Waals surface area contributed by atoms with Crippen molar-refractivity contribution in [2.75, 3.05) is 5.43 Å². The molecule has 5 nitrogen and oxygen atoms in total. The van der Waals surface area contributed by atoms with Gasteiger partial charge in [-0.15, -0.1) is 0 Å². The number of aromatic amines is 1. The van der Waals surface area contributed by atoms with Crippen LogP contribution in [0.2, 0.25) is 0 Å². The van der Waals surface area contributed by atoms with Gasteiger partial charge in [-0.1, -0.05) is 26.8 Å². The molecule has 0 amide bonds. The summed E-state index contributed by atoms with van der Waals surface area (Å²) < 4.78 is 0. The molecule has 20 heavy (non-hydrogen) atoms. The average molecular weight is 276 g/mol. The zero-order chi connectivity index (χ0) is 14.8. The summed E-state index contributed by atoms with van der Waals surface area (Å²) in [6.07, 6.45) is 5.53. The summed E-state index contributed by atoms with van der Waals surface area (Å²) in [5.41, 5.74) is 8.18. The van der Waals surface area contributed by atoms with Gasteiger partial charge >= 0.3 is 0 Å². The summed E-state index contributed by atoms with van der Waals surface area (Å²) in [6.45, 7) is 8.69. The topological polar surface area (TPSA) is 69.8 Å². The lowest BCUT2D eigenvalue weighted by Crippen LogP contribution is -2.29. The van der Waals surface area contributed by atoms with E-state index in [-0.39, 0.29) is 5.56 Å². The molecule has 1 aromatic rings. The maximum atomic E-state index is 11.3. The number of hydrogen-bond donors (Lipinski definition) is 3. The van der Waals surface area contributed by atoms with Crippen LogP contribution in [0.15, 0.2) is 22.6 Å². The van der Waals surface area contributed by atoms with Crippen molar-refractivity contribution in [3.8, 4) is 0 Å². The number of rotatable bonds is 3. The number of aromatic nitrogens is 2. The molecule has 0 bridgehead atoms. The number of anilines is 1. The quantitative estimate of drug-likeness (QED) is 0.742. The first kappa shape index (κ1) is 14.6. The molecule has 0 aromatic carbocycles. The molecule has 1 heterocycles.